The van der Waals surface area contributed by atoms with Gasteiger partial charge in [0, 0.05) is 0 Å². The van der Waals surface area contributed by atoms with E-state index in [1.54, 1.807) is 5.57 Å². The molecule has 0 heterocycles. The van der Waals surface area contributed by atoms with Gasteiger partial charge in [0.15, 0.2) is 0 Å². The Bertz CT molecular complexity index is 310. The highest BCUT2D eigenvalue weighted by molar-refractivity contribution is 5.19. The van der Waals surface area contributed by atoms with Gasteiger partial charge in [-0.3, -0.25) is 0 Å². The van der Waals surface area contributed by atoms with Gasteiger partial charge in [0.05, 0.1) is 0 Å². The van der Waals surface area contributed by atoms with Crippen molar-refractivity contribution in [2.24, 2.45) is 29.6 Å². The molecule has 0 radical (unpaired) electrons. The van der Waals surface area contributed by atoms with Crippen molar-refractivity contribution in [2.75, 3.05) is 0 Å². The minimum Gasteiger partial charge on any atom is -0.0882 e. The van der Waals surface area contributed by atoms with E-state index in [9.17, 15) is 0 Å². The fraction of sp³-hybridized carbons (Fsp3) is 0.733. The summed E-state index contributed by atoms with van der Waals surface area (Å²) in [4.78, 5) is 0. The van der Waals surface area contributed by atoms with Crippen LogP contribution >= 0.6 is 0 Å². The second kappa shape index (κ2) is 3.50. The predicted molar refractivity (Wildman–Crippen MR) is 64.5 cm³/mol. The van der Waals surface area contributed by atoms with Crippen LogP contribution in [0.5, 0.6) is 0 Å². The lowest BCUT2D eigenvalue weighted by atomic mass is 9.77. The van der Waals surface area contributed by atoms with Crippen LogP contribution in [0.2, 0.25) is 0 Å². The highest BCUT2D eigenvalue weighted by Gasteiger charge is 2.45. The molecule has 0 heteroatoms. The average Bonchev–Trinajstić information content (AvgIpc) is 2.90. The Hall–Kier alpha value is -0.520. The molecule has 3 aliphatic carbocycles. The van der Waals surface area contributed by atoms with Gasteiger partial charge in [-0.25, -0.2) is 0 Å². The van der Waals surface area contributed by atoms with Gasteiger partial charge < -0.3 is 0 Å². The van der Waals surface area contributed by atoms with Gasteiger partial charge in [0.1, 0.15) is 0 Å². The summed E-state index contributed by atoms with van der Waals surface area (Å²) in [6.07, 6.45) is 13.2. The van der Waals surface area contributed by atoms with Crippen molar-refractivity contribution >= 4 is 0 Å². The maximum absolute atomic E-state index is 2.52. The molecule has 0 aromatic heterocycles. The van der Waals surface area contributed by atoms with E-state index in [0.29, 0.717) is 0 Å². The number of hydrogen-bond acceptors (Lipinski definition) is 0. The first-order valence-electron chi connectivity index (χ1n) is 6.61. The molecule has 0 aromatic carbocycles. The summed E-state index contributed by atoms with van der Waals surface area (Å²) < 4.78 is 0. The summed E-state index contributed by atoms with van der Waals surface area (Å²) >= 11 is 0. The molecule has 2 bridgehead atoms. The van der Waals surface area contributed by atoms with Gasteiger partial charge in [-0.05, 0) is 62.2 Å². The van der Waals surface area contributed by atoms with Crippen LogP contribution in [0.25, 0.3) is 0 Å². The summed E-state index contributed by atoms with van der Waals surface area (Å²) in [5.74, 6) is 4.79. The summed E-state index contributed by atoms with van der Waals surface area (Å²) in [5.41, 5.74) is 1.77. The molecule has 15 heavy (non-hydrogen) atoms. The van der Waals surface area contributed by atoms with E-state index in [1.807, 2.05) is 0 Å². The molecular formula is C15H22. The first-order valence-corrected chi connectivity index (χ1v) is 6.61. The van der Waals surface area contributed by atoms with Gasteiger partial charge in [0.2, 0.25) is 0 Å². The fourth-order valence-electron chi connectivity index (χ4n) is 4.28. The summed E-state index contributed by atoms with van der Waals surface area (Å²) in [6, 6.07) is 0. The molecule has 0 aromatic rings. The van der Waals surface area contributed by atoms with E-state index in [0.717, 1.165) is 29.6 Å². The normalized spacial score (nSPS) is 50.8. The van der Waals surface area contributed by atoms with Gasteiger partial charge in [-0.15, -0.1) is 0 Å². The Kier molecular flexibility index (Phi) is 2.26. The van der Waals surface area contributed by atoms with Crippen LogP contribution in [-0.2, 0) is 0 Å². The third kappa shape index (κ3) is 1.49. The van der Waals surface area contributed by atoms with Gasteiger partial charge in [-0.1, -0.05) is 30.7 Å². The monoisotopic (exact) mass is 202 g/mol. The molecule has 5 unspecified atom stereocenters. The number of rotatable bonds is 1. The van der Waals surface area contributed by atoms with Crippen LogP contribution in [-0.4, -0.2) is 0 Å². The lowest BCUT2D eigenvalue weighted by Gasteiger charge is -2.28. The molecule has 3 rings (SSSR count). The van der Waals surface area contributed by atoms with Crippen LogP contribution in [0.3, 0.4) is 0 Å². The van der Waals surface area contributed by atoms with Crippen molar-refractivity contribution in [3.05, 3.63) is 23.8 Å². The third-order valence-electron chi connectivity index (χ3n) is 5.02. The smallest absolute Gasteiger partial charge is 0.0197 e. The van der Waals surface area contributed by atoms with Crippen LogP contribution in [0.15, 0.2) is 23.8 Å². The van der Waals surface area contributed by atoms with E-state index in [4.69, 9.17) is 0 Å². The molecule has 0 spiro atoms. The van der Waals surface area contributed by atoms with Crippen molar-refractivity contribution < 1.29 is 0 Å². The number of allylic oxidation sites excluding steroid dienone is 4. The molecule has 3 aliphatic rings. The van der Waals surface area contributed by atoms with E-state index in [2.05, 4.69) is 32.1 Å². The van der Waals surface area contributed by atoms with Crippen molar-refractivity contribution in [3.63, 3.8) is 0 Å². The lowest BCUT2D eigenvalue weighted by molar-refractivity contribution is 0.275. The lowest BCUT2D eigenvalue weighted by Crippen LogP contribution is -2.19. The number of fused-ring (bicyclic) bond motifs is 2. The molecule has 2 fully saturated rings. The minimum absolute atomic E-state index is 0.843. The van der Waals surface area contributed by atoms with E-state index >= 15 is 0 Å². The molecule has 2 saturated carbocycles. The summed E-state index contributed by atoms with van der Waals surface area (Å²) in [7, 11) is 0. The first-order chi connectivity index (χ1) is 7.28. The van der Waals surface area contributed by atoms with Crippen LogP contribution in [0.1, 0.15) is 39.5 Å². The highest BCUT2D eigenvalue weighted by Crippen LogP contribution is 2.55. The second-order valence-electron chi connectivity index (χ2n) is 5.92. The Morgan fingerprint density at radius 1 is 1.20 bits per heavy atom. The maximum Gasteiger partial charge on any atom is -0.0197 e. The van der Waals surface area contributed by atoms with Gasteiger partial charge >= 0.3 is 0 Å². The molecule has 0 amide bonds. The Morgan fingerprint density at radius 3 is 2.60 bits per heavy atom. The minimum atomic E-state index is 0.843. The fourth-order valence-corrected chi connectivity index (χ4v) is 4.28. The van der Waals surface area contributed by atoms with Crippen LogP contribution in [0, 0.1) is 29.6 Å². The summed E-state index contributed by atoms with van der Waals surface area (Å²) in [6.45, 7) is 4.59. The average molecular weight is 202 g/mol. The molecule has 0 N–H and O–H groups in total. The Morgan fingerprint density at radius 2 is 2.07 bits per heavy atom. The maximum atomic E-state index is 2.52. The number of hydrogen-bond donors (Lipinski definition) is 0. The zero-order valence-electron chi connectivity index (χ0n) is 9.95. The Labute approximate surface area is 93.5 Å². The van der Waals surface area contributed by atoms with Gasteiger partial charge in [0.25, 0.3) is 0 Å². The Balaban J connectivity index is 1.71. The van der Waals surface area contributed by atoms with Crippen molar-refractivity contribution in [1.29, 1.82) is 0 Å². The largest absolute Gasteiger partial charge is 0.0882 e. The predicted octanol–water partition coefficient (Wildman–Crippen LogP) is 4.19. The van der Waals surface area contributed by atoms with Crippen LogP contribution in [0.4, 0.5) is 0 Å². The first kappa shape index (κ1) is 9.69. The zero-order valence-corrected chi connectivity index (χ0v) is 9.95. The molecule has 82 valence electrons. The van der Waals surface area contributed by atoms with E-state index < -0.39 is 0 Å². The molecule has 0 saturated heterocycles. The zero-order chi connectivity index (χ0) is 10.4. The molecule has 0 nitrogen and oxygen atoms in total. The van der Waals surface area contributed by atoms with Gasteiger partial charge in [-0.2, -0.15) is 0 Å². The van der Waals surface area contributed by atoms with Crippen molar-refractivity contribution in [2.45, 2.75) is 39.5 Å². The topological polar surface area (TPSA) is 0 Å². The van der Waals surface area contributed by atoms with Crippen molar-refractivity contribution in [1.82, 2.24) is 0 Å². The van der Waals surface area contributed by atoms with E-state index in [1.165, 1.54) is 25.7 Å². The van der Waals surface area contributed by atoms with E-state index in [-0.39, 0.29) is 0 Å². The SMILES string of the molecule is CC=C1CC2CC1CC2C1C=CC(C)C1. The highest BCUT2D eigenvalue weighted by atomic mass is 14.5. The second-order valence-corrected chi connectivity index (χ2v) is 5.92. The molecule has 0 aliphatic heterocycles. The summed E-state index contributed by atoms with van der Waals surface area (Å²) in [5, 5.41) is 0. The van der Waals surface area contributed by atoms with Crippen LogP contribution < -0.4 is 0 Å². The third-order valence-corrected chi connectivity index (χ3v) is 5.02. The van der Waals surface area contributed by atoms with Crippen molar-refractivity contribution in [3.8, 4) is 0 Å². The standard InChI is InChI=1S/C15H22/c1-3-11-7-14-8-13(11)9-15(14)12-5-4-10(2)6-12/h3-5,10,12-15H,6-9H2,1-2H3. The molecular weight excluding hydrogens is 180 g/mol. The molecule has 5 atom stereocenters. The quantitative estimate of drug-likeness (QED) is 0.559.